The van der Waals surface area contributed by atoms with Gasteiger partial charge in [0.05, 0.1) is 13.4 Å². The maximum absolute atomic E-state index is 5.99. The molecule has 2 nitrogen and oxygen atoms in total. The molecule has 0 fully saturated rings. The third-order valence-corrected chi connectivity index (χ3v) is 6.00. The third kappa shape index (κ3) is 2.79. The first-order valence-corrected chi connectivity index (χ1v) is 10.0. The topological polar surface area (TPSA) is 22.4 Å². The summed E-state index contributed by atoms with van der Waals surface area (Å²) in [5.41, 5.74) is 10.1. The summed E-state index contributed by atoms with van der Waals surface area (Å²) in [6, 6.07) is 17.3. The Morgan fingerprint density at radius 2 is 1.66 bits per heavy atom. The highest BCUT2D eigenvalue weighted by molar-refractivity contribution is 6.01. The molecular formula is C27H24O2. The summed E-state index contributed by atoms with van der Waals surface area (Å²) in [7, 11) is 1.74. The highest BCUT2D eigenvalue weighted by Crippen LogP contribution is 2.42. The molecule has 5 rings (SSSR count). The van der Waals surface area contributed by atoms with Gasteiger partial charge in [0.15, 0.2) is 0 Å². The van der Waals surface area contributed by atoms with Gasteiger partial charge in [0.1, 0.15) is 11.5 Å². The van der Waals surface area contributed by atoms with Crippen LogP contribution in [0.5, 0.6) is 5.75 Å². The van der Waals surface area contributed by atoms with Crippen molar-refractivity contribution < 1.29 is 9.15 Å². The number of rotatable bonds is 3. The normalized spacial score (nSPS) is 12.9. The Morgan fingerprint density at radius 1 is 0.897 bits per heavy atom. The lowest BCUT2D eigenvalue weighted by molar-refractivity contribution is 0.408. The molecule has 1 aliphatic rings. The quantitative estimate of drug-likeness (QED) is 0.377. The van der Waals surface area contributed by atoms with Crippen molar-refractivity contribution in [2.24, 2.45) is 0 Å². The Labute approximate surface area is 171 Å². The van der Waals surface area contributed by atoms with Crippen LogP contribution in [0.15, 0.2) is 59.2 Å². The number of ether oxygens (including phenoxy) is 1. The van der Waals surface area contributed by atoms with Crippen LogP contribution in [-0.2, 0) is 6.42 Å². The van der Waals surface area contributed by atoms with Crippen LogP contribution in [0.25, 0.3) is 33.5 Å². The van der Waals surface area contributed by atoms with Gasteiger partial charge in [0, 0.05) is 22.8 Å². The summed E-state index contributed by atoms with van der Waals surface area (Å²) in [6.07, 6.45) is 5.07. The van der Waals surface area contributed by atoms with Gasteiger partial charge in [-0.15, -0.1) is 0 Å². The van der Waals surface area contributed by atoms with Gasteiger partial charge >= 0.3 is 0 Å². The zero-order valence-corrected chi connectivity index (χ0v) is 17.3. The molecule has 1 aliphatic carbocycles. The molecule has 0 amide bonds. The van der Waals surface area contributed by atoms with Crippen molar-refractivity contribution in [1.29, 1.82) is 0 Å². The smallest absolute Gasteiger partial charge is 0.138 e. The van der Waals surface area contributed by atoms with E-state index in [4.69, 9.17) is 9.15 Å². The van der Waals surface area contributed by atoms with E-state index in [0.29, 0.717) is 0 Å². The molecule has 0 N–H and O–H groups in total. The molecule has 0 aliphatic heterocycles. The molecule has 2 heteroatoms. The van der Waals surface area contributed by atoms with Crippen LogP contribution in [0.2, 0.25) is 0 Å². The first kappa shape index (κ1) is 17.8. The third-order valence-electron chi connectivity index (χ3n) is 6.00. The summed E-state index contributed by atoms with van der Waals surface area (Å²) < 4.78 is 11.6. The molecule has 0 saturated carbocycles. The number of methoxy groups -OCH3 is 1. The fraction of sp³-hybridized carbons (Fsp3) is 0.185. The fourth-order valence-electron chi connectivity index (χ4n) is 4.71. The van der Waals surface area contributed by atoms with Gasteiger partial charge in [-0.3, -0.25) is 0 Å². The Kier molecular flexibility index (Phi) is 4.09. The van der Waals surface area contributed by atoms with E-state index in [-0.39, 0.29) is 0 Å². The molecule has 4 aromatic rings. The Bertz CT molecular complexity index is 1260. The standard InChI is InChI=1S/C27H24O2/c1-16-9-10-19-13-22(27-23-8-6-5-7-20(23)15-29-27)14-24(19)25(16)21-11-17(2)26(28-4)18(3)12-21/h5-12,14-15H,13H2,1-4H3. The first-order chi connectivity index (χ1) is 14.1. The first-order valence-electron chi connectivity index (χ1n) is 10.0. The van der Waals surface area contributed by atoms with Crippen molar-refractivity contribution in [3.05, 3.63) is 88.4 Å². The molecule has 0 bridgehead atoms. The number of hydrogen-bond acceptors (Lipinski definition) is 2. The fourth-order valence-corrected chi connectivity index (χ4v) is 4.71. The average Bonchev–Trinajstić information content (AvgIpc) is 3.31. The molecular weight excluding hydrogens is 356 g/mol. The van der Waals surface area contributed by atoms with Gasteiger partial charge in [-0.1, -0.05) is 36.4 Å². The Balaban J connectivity index is 1.68. The van der Waals surface area contributed by atoms with Crippen molar-refractivity contribution in [3.8, 4) is 16.9 Å². The van der Waals surface area contributed by atoms with Crippen LogP contribution in [0.3, 0.4) is 0 Å². The second-order valence-electron chi connectivity index (χ2n) is 7.97. The largest absolute Gasteiger partial charge is 0.496 e. The molecule has 1 heterocycles. The zero-order chi connectivity index (χ0) is 20.1. The molecule has 1 aromatic heterocycles. The summed E-state index contributed by atoms with van der Waals surface area (Å²) >= 11 is 0. The summed E-state index contributed by atoms with van der Waals surface area (Å²) in [4.78, 5) is 0. The van der Waals surface area contributed by atoms with E-state index < -0.39 is 0 Å². The SMILES string of the molecule is COc1c(C)cc(-c2c(C)ccc3c2C=C(c2occ4ccccc24)C3)cc1C. The van der Waals surface area contributed by atoms with Gasteiger partial charge in [0.2, 0.25) is 0 Å². The lowest BCUT2D eigenvalue weighted by Crippen LogP contribution is -1.95. The zero-order valence-electron chi connectivity index (χ0n) is 17.3. The van der Waals surface area contributed by atoms with Crippen molar-refractivity contribution in [1.82, 2.24) is 0 Å². The minimum Gasteiger partial charge on any atom is -0.496 e. The number of fused-ring (bicyclic) bond motifs is 2. The van der Waals surface area contributed by atoms with Gasteiger partial charge in [0.25, 0.3) is 0 Å². The van der Waals surface area contributed by atoms with E-state index in [1.165, 1.54) is 49.9 Å². The number of hydrogen-bond donors (Lipinski definition) is 0. The van der Waals surface area contributed by atoms with E-state index >= 15 is 0 Å². The maximum atomic E-state index is 5.99. The minimum atomic E-state index is 0.897. The maximum Gasteiger partial charge on any atom is 0.138 e. The summed E-state index contributed by atoms with van der Waals surface area (Å²) in [5.74, 6) is 1.96. The van der Waals surface area contributed by atoms with Crippen LogP contribution < -0.4 is 4.74 Å². The highest BCUT2D eigenvalue weighted by Gasteiger charge is 2.23. The number of allylic oxidation sites excluding steroid dienone is 1. The van der Waals surface area contributed by atoms with Gasteiger partial charge in [-0.2, -0.15) is 0 Å². The predicted molar refractivity (Wildman–Crippen MR) is 120 cm³/mol. The van der Waals surface area contributed by atoms with E-state index in [9.17, 15) is 0 Å². The molecule has 29 heavy (non-hydrogen) atoms. The molecule has 144 valence electrons. The van der Waals surface area contributed by atoms with Gasteiger partial charge in [-0.25, -0.2) is 0 Å². The Hall–Kier alpha value is -3.26. The van der Waals surface area contributed by atoms with Crippen LogP contribution in [0.1, 0.15) is 33.6 Å². The van der Waals surface area contributed by atoms with Gasteiger partial charge in [-0.05, 0) is 77.9 Å². The molecule has 0 spiro atoms. The van der Waals surface area contributed by atoms with Gasteiger partial charge < -0.3 is 9.15 Å². The van der Waals surface area contributed by atoms with Crippen molar-refractivity contribution >= 4 is 22.4 Å². The van der Waals surface area contributed by atoms with E-state index in [1.807, 2.05) is 6.26 Å². The lowest BCUT2D eigenvalue weighted by Gasteiger charge is -2.16. The molecule has 0 atom stereocenters. The van der Waals surface area contributed by atoms with Crippen LogP contribution in [0.4, 0.5) is 0 Å². The van der Waals surface area contributed by atoms with Crippen LogP contribution in [-0.4, -0.2) is 7.11 Å². The van der Waals surface area contributed by atoms with Crippen LogP contribution >= 0.6 is 0 Å². The van der Waals surface area contributed by atoms with E-state index in [0.717, 1.165) is 23.3 Å². The Morgan fingerprint density at radius 3 is 2.41 bits per heavy atom. The molecule has 0 saturated heterocycles. The van der Waals surface area contributed by atoms with Crippen LogP contribution in [0, 0.1) is 20.8 Å². The minimum absolute atomic E-state index is 0.897. The molecule has 3 aromatic carbocycles. The summed E-state index contributed by atoms with van der Waals surface area (Å²) in [6.45, 7) is 6.42. The number of benzene rings is 3. The summed E-state index contributed by atoms with van der Waals surface area (Å²) in [5, 5.41) is 2.33. The molecule has 0 radical (unpaired) electrons. The lowest BCUT2D eigenvalue weighted by atomic mass is 9.91. The molecule has 0 unspecified atom stereocenters. The second kappa shape index (κ2) is 6.66. The number of furan rings is 1. The second-order valence-corrected chi connectivity index (χ2v) is 7.97. The average molecular weight is 380 g/mol. The predicted octanol–water partition coefficient (Wildman–Crippen LogP) is 7.13. The van der Waals surface area contributed by atoms with E-state index in [2.05, 4.69) is 75.4 Å². The van der Waals surface area contributed by atoms with E-state index in [1.54, 1.807) is 7.11 Å². The number of aryl methyl sites for hydroxylation is 3. The monoisotopic (exact) mass is 380 g/mol. The van der Waals surface area contributed by atoms with Crippen molar-refractivity contribution in [2.75, 3.05) is 7.11 Å². The van der Waals surface area contributed by atoms with Crippen molar-refractivity contribution in [2.45, 2.75) is 27.2 Å². The highest BCUT2D eigenvalue weighted by atomic mass is 16.5. The van der Waals surface area contributed by atoms with Crippen molar-refractivity contribution in [3.63, 3.8) is 0 Å².